The Morgan fingerprint density at radius 1 is 1.04 bits per heavy atom. The van der Waals surface area contributed by atoms with Crippen LogP contribution in [-0.2, 0) is 4.79 Å². The van der Waals surface area contributed by atoms with Gasteiger partial charge in [-0.25, -0.2) is 4.79 Å². The number of carboxylic acids is 1. The summed E-state index contributed by atoms with van der Waals surface area (Å²) in [5, 5.41) is 19.4. The lowest BCUT2D eigenvalue weighted by atomic mass is 10.1. The number of aliphatic carboxylic acids is 1. The first-order chi connectivity index (χ1) is 13.5. The molecule has 7 heteroatoms. The monoisotopic (exact) mass is 392 g/mol. The van der Waals surface area contributed by atoms with Crippen molar-refractivity contribution in [3.63, 3.8) is 0 Å². The Morgan fingerprint density at radius 3 is 2.50 bits per heavy atom. The van der Waals surface area contributed by atoms with Gasteiger partial charge in [0.2, 0.25) is 5.75 Å². The van der Waals surface area contributed by atoms with Crippen LogP contribution in [-0.4, -0.2) is 29.4 Å². The molecule has 154 valence electrons. The van der Waals surface area contributed by atoms with Gasteiger partial charge in [0.1, 0.15) is 11.3 Å². The van der Waals surface area contributed by atoms with Gasteiger partial charge in [0.25, 0.3) is 0 Å². The number of fused-ring (bicyclic) bond motifs is 1. The molecule has 0 radical (unpaired) electrons. The third-order valence-electron chi connectivity index (χ3n) is 4.36. The maximum absolute atomic E-state index is 12.1. The molecule has 0 amide bonds. The topological polar surface area (TPSA) is 106 Å². The third kappa shape index (κ3) is 6.48. The fourth-order valence-corrected chi connectivity index (χ4v) is 2.84. The summed E-state index contributed by atoms with van der Waals surface area (Å²) < 4.78 is 16.2. The lowest BCUT2D eigenvalue weighted by molar-refractivity contribution is -0.137. The van der Waals surface area contributed by atoms with E-state index in [1.54, 1.807) is 12.1 Å². The molecule has 0 aliphatic carbocycles. The smallest absolute Gasteiger partial charge is 0.383 e. The first-order valence-electron chi connectivity index (χ1n) is 9.80. The number of ether oxygens (including phenoxy) is 2. The number of hydrogen-bond donors (Lipinski definition) is 2. The average molecular weight is 392 g/mol. The van der Waals surface area contributed by atoms with E-state index in [9.17, 15) is 14.7 Å². The summed E-state index contributed by atoms with van der Waals surface area (Å²) in [6, 6.07) is 4.70. The Bertz CT molecular complexity index is 825. The van der Waals surface area contributed by atoms with E-state index >= 15 is 0 Å². The fourth-order valence-electron chi connectivity index (χ4n) is 2.84. The van der Waals surface area contributed by atoms with Crippen molar-refractivity contribution in [3.8, 4) is 17.2 Å². The molecule has 0 saturated heterocycles. The molecule has 0 aliphatic rings. The lowest BCUT2D eigenvalue weighted by Gasteiger charge is -2.10. The maximum Gasteiger partial charge on any atom is 0.383 e. The van der Waals surface area contributed by atoms with E-state index in [1.165, 1.54) is 25.3 Å². The summed E-state index contributed by atoms with van der Waals surface area (Å²) in [4.78, 5) is 22.6. The van der Waals surface area contributed by atoms with Crippen LogP contribution in [0.15, 0.2) is 27.4 Å². The molecule has 2 rings (SSSR count). The van der Waals surface area contributed by atoms with Gasteiger partial charge in [-0.15, -0.1) is 0 Å². The Balaban J connectivity index is 1.96. The minimum absolute atomic E-state index is 0.0166. The minimum atomic E-state index is -0.883. The van der Waals surface area contributed by atoms with Crippen molar-refractivity contribution in [2.75, 3.05) is 13.2 Å². The van der Waals surface area contributed by atoms with Crippen LogP contribution < -0.4 is 15.1 Å². The molecular weight excluding hydrogens is 364 g/mol. The van der Waals surface area contributed by atoms with Gasteiger partial charge >= 0.3 is 11.6 Å². The molecule has 2 N–H and O–H groups in total. The molecule has 2 aromatic rings. The van der Waals surface area contributed by atoms with Gasteiger partial charge in [-0.05, 0) is 25.0 Å². The van der Waals surface area contributed by atoms with Gasteiger partial charge < -0.3 is 24.1 Å². The average Bonchev–Trinajstić information content (AvgIpc) is 2.66. The molecule has 0 unspecified atom stereocenters. The van der Waals surface area contributed by atoms with Gasteiger partial charge in [0, 0.05) is 12.5 Å². The van der Waals surface area contributed by atoms with Crippen molar-refractivity contribution in [1.29, 1.82) is 0 Å². The highest BCUT2D eigenvalue weighted by atomic mass is 16.5. The van der Waals surface area contributed by atoms with Gasteiger partial charge in [-0.3, -0.25) is 4.79 Å². The maximum atomic E-state index is 12.1. The molecule has 7 nitrogen and oxygen atoms in total. The quantitative estimate of drug-likeness (QED) is 0.382. The molecule has 1 aromatic carbocycles. The van der Waals surface area contributed by atoms with Gasteiger partial charge in [0.05, 0.1) is 18.6 Å². The molecule has 0 aliphatic heterocycles. The van der Waals surface area contributed by atoms with E-state index in [4.69, 9.17) is 19.0 Å². The lowest BCUT2D eigenvalue weighted by Crippen LogP contribution is -2.09. The largest absolute Gasteiger partial charge is 0.504 e. The van der Waals surface area contributed by atoms with Crippen LogP contribution in [0.2, 0.25) is 0 Å². The third-order valence-corrected chi connectivity index (χ3v) is 4.36. The predicted molar refractivity (Wildman–Crippen MR) is 105 cm³/mol. The molecule has 0 bridgehead atoms. The fraction of sp³-hybridized carbons (Fsp3) is 0.524. The highest BCUT2D eigenvalue weighted by molar-refractivity contribution is 5.86. The summed E-state index contributed by atoms with van der Waals surface area (Å²) in [5.74, 6) is -0.862. The normalized spacial score (nSPS) is 10.9. The summed E-state index contributed by atoms with van der Waals surface area (Å²) >= 11 is 0. The second-order valence-electron chi connectivity index (χ2n) is 6.69. The molecule has 1 aromatic heterocycles. The van der Waals surface area contributed by atoms with Crippen molar-refractivity contribution in [1.82, 2.24) is 0 Å². The minimum Gasteiger partial charge on any atom is -0.504 e. The highest BCUT2D eigenvalue weighted by Crippen LogP contribution is 2.33. The molecule has 0 saturated carbocycles. The van der Waals surface area contributed by atoms with Crippen molar-refractivity contribution in [3.05, 3.63) is 28.6 Å². The summed E-state index contributed by atoms with van der Waals surface area (Å²) in [6.45, 7) is 2.74. The summed E-state index contributed by atoms with van der Waals surface area (Å²) in [7, 11) is 0. The Hall–Kier alpha value is -2.70. The van der Waals surface area contributed by atoms with Crippen LogP contribution >= 0.6 is 0 Å². The van der Waals surface area contributed by atoms with Crippen molar-refractivity contribution in [2.45, 2.75) is 58.3 Å². The number of carbonyl (C=O) groups is 1. The van der Waals surface area contributed by atoms with Crippen LogP contribution in [0.25, 0.3) is 11.0 Å². The number of rotatable bonds is 13. The van der Waals surface area contributed by atoms with E-state index in [0.717, 1.165) is 19.3 Å². The molecule has 1 heterocycles. The molecule has 0 atom stereocenters. The van der Waals surface area contributed by atoms with Gasteiger partial charge in [-0.2, -0.15) is 0 Å². The number of carboxylic acid groups (broad SMARTS) is 1. The first kappa shape index (κ1) is 21.6. The van der Waals surface area contributed by atoms with Crippen LogP contribution in [0.1, 0.15) is 58.3 Å². The van der Waals surface area contributed by atoms with Gasteiger partial charge in [0.15, 0.2) is 5.75 Å². The van der Waals surface area contributed by atoms with Crippen molar-refractivity contribution in [2.24, 2.45) is 0 Å². The molecule has 0 fully saturated rings. The second kappa shape index (κ2) is 11.2. The Morgan fingerprint density at radius 2 is 1.75 bits per heavy atom. The predicted octanol–water partition coefficient (Wildman–Crippen LogP) is 4.48. The summed E-state index contributed by atoms with van der Waals surface area (Å²) in [5.41, 5.74) is -0.552. The van der Waals surface area contributed by atoms with Crippen LogP contribution in [0, 0.1) is 0 Å². The number of hydrogen-bond acceptors (Lipinski definition) is 6. The van der Waals surface area contributed by atoms with Crippen LogP contribution in [0.4, 0.5) is 0 Å². The number of aromatic hydroxyl groups is 1. The molecule has 28 heavy (non-hydrogen) atoms. The van der Waals surface area contributed by atoms with Crippen molar-refractivity contribution >= 4 is 16.9 Å². The zero-order valence-electron chi connectivity index (χ0n) is 16.2. The van der Waals surface area contributed by atoms with Crippen LogP contribution in [0.3, 0.4) is 0 Å². The highest BCUT2D eigenvalue weighted by Gasteiger charge is 2.16. The second-order valence-corrected chi connectivity index (χ2v) is 6.69. The van der Waals surface area contributed by atoms with E-state index in [1.807, 2.05) is 0 Å². The van der Waals surface area contributed by atoms with Crippen molar-refractivity contribution < 1.29 is 28.9 Å². The molecule has 0 spiro atoms. The Kier molecular flexibility index (Phi) is 8.65. The zero-order chi connectivity index (χ0) is 20.4. The zero-order valence-corrected chi connectivity index (χ0v) is 16.2. The standard InChI is InChI=1S/C21H28O7/c1-2-3-4-5-6-7-12-27-20-19(24)16-11-10-15(14-17(16)28-21(20)25)26-13-8-9-18(22)23/h10-11,14,24H,2-9,12-13H2,1H3,(H,22,23). The van der Waals surface area contributed by atoms with Crippen LogP contribution in [0.5, 0.6) is 17.2 Å². The number of unbranched alkanes of at least 4 members (excludes halogenated alkanes) is 5. The number of benzene rings is 1. The van der Waals surface area contributed by atoms with E-state index in [-0.39, 0.29) is 30.1 Å². The SMILES string of the molecule is CCCCCCCCOc1c(O)c2ccc(OCCCC(=O)O)cc2oc1=O. The van der Waals surface area contributed by atoms with E-state index < -0.39 is 11.6 Å². The first-order valence-corrected chi connectivity index (χ1v) is 9.80. The van der Waals surface area contributed by atoms with E-state index in [0.29, 0.717) is 24.2 Å². The Labute approximate surface area is 163 Å². The van der Waals surface area contributed by atoms with Gasteiger partial charge in [-0.1, -0.05) is 39.0 Å². The molecular formula is C21H28O7. The van der Waals surface area contributed by atoms with E-state index in [2.05, 4.69) is 6.92 Å². The summed E-state index contributed by atoms with van der Waals surface area (Å²) in [6.07, 6.45) is 6.95.